The number of fused-ring (bicyclic) bond motifs is 1. The minimum absolute atomic E-state index is 0.678. The zero-order valence-corrected chi connectivity index (χ0v) is 4.53. The van der Waals surface area contributed by atoms with Crippen LogP contribution in [0.25, 0.3) is 0 Å². The molecule has 0 aliphatic carbocycles. The van der Waals surface area contributed by atoms with Crippen molar-refractivity contribution in [3.05, 3.63) is 24.3 Å². The topological polar surface area (TPSA) is 35.7 Å². The smallest absolute Gasteiger partial charge is 0.142 e. The van der Waals surface area contributed by atoms with E-state index in [1.165, 1.54) is 0 Å². The third-order valence-corrected chi connectivity index (χ3v) is 1.09. The van der Waals surface area contributed by atoms with Crippen LogP contribution in [0.3, 0.4) is 0 Å². The monoisotopic (exact) mass is 119 g/mol. The lowest BCUT2D eigenvalue weighted by Crippen LogP contribution is -1.84. The van der Waals surface area contributed by atoms with Gasteiger partial charge in [-0.25, -0.2) is 0 Å². The number of rotatable bonds is 0. The average molecular weight is 119 g/mol. The standard InChI is InChI=1S/C6H3N2O/c1-2-4-6-5(3-1)7-8-9-6/h1,3-4H/q+1. The second-order valence-corrected chi connectivity index (χ2v) is 1.67. The fourth-order valence-corrected chi connectivity index (χ4v) is 0.671. The average Bonchev–Trinajstić information content (AvgIpc) is 2.33. The summed E-state index contributed by atoms with van der Waals surface area (Å²) in [6, 6.07) is 8.12. The van der Waals surface area contributed by atoms with E-state index in [4.69, 9.17) is 4.84 Å². The van der Waals surface area contributed by atoms with Gasteiger partial charge in [0.2, 0.25) is 5.75 Å². The van der Waals surface area contributed by atoms with Crippen molar-refractivity contribution in [2.24, 2.45) is 5.11 Å². The molecule has 1 aromatic rings. The van der Waals surface area contributed by atoms with Gasteiger partial charge in [0.05, 0.1) is 0 Å². The van der Waals surface area contributed by atoms with E-state index in [2.05, 4.69) is 16.5 Å². The van der Waals surface area contributed by atoms with E-state index in [1.54, 1.807) is 18.2 Å². The zero-order valence-electron chi connectivity index (χ0n) is 4.53. The predicted octanol–water partition coefficient (Wildman–Crippen LogP) is 1.21. The van der Waals surface area contributed by atoms with Crippen molar-refractivity contribution < 1.29 is 4.84 Å². The van der Waals surface area contributed by atoms with Crippen molar-refractivity contribution in [3.8, 4) is 5.75 Å². The van der Waals surface area contributed by atoms with Crippen LogP contribution in [0.4, 0.5) is 5.69 Å². The fraction of sp³-hybridized carbons (Fsp3) is 0. The maximum absolute atomic E-state index is 4.73. The molecule has 9 heavy (non-hydrogen) atoms. The van der Waals surface area contributed by atoms with Gasteiger partial charge in [-0.2, -0.15) is 0 Å². The largest absolute Gasteiger partial charge is 0.468 e. The highest BCUT2D eigenvalue weighted by Crippen LogP contribution is 2.28. The number of nitrogens with zero attached hydrogens (tertiary/aromatic N) is 2. The lowest BCUT2D eigenvalue weighted by Gasteiger charge is -1.80. The van der Waals surface area contributed by atoms with Crippen LogP contribution >= 0.6 is 0 Å². The second kappa shape index (κ2) is 1.55. The Morgan fingerprint density at radius 3 is 3.56 bits per heavy atom. The first-order chi connectivity index (χ1) is 4.47. The summed E-state index contributed by atoms with van der Waals surface area (Å²) in [6.45, 7) is 0. The molecule has 0 N–H and O–H groups in total. The van der Waals surface area contributed by atoms with Crippen LogP contribution in [-0.2, 0) is 0 Å². The van der Waals surface area contributed by atoms with E-state index < -0.39 is 0 Å². The van der Waals surface area contributed by atoms with E-state index in [1.807, 2.05) is 0 Å². The zero-order chi connectivity index (χ0) is 6.10. The molecule has 0 amide bonds. The Morgan fingerprint density at radius 1 is 1.67 bits per heavy atom. The number of hydrogen-bond donors (Lipinski definition) is 0. The Labute approximate surface area is 51.9 Å². The van der Waals surface area contributed by atoms with Crippen molar-refractivity contribution in [1.29, 1.82) is 0 Å². The lowest BCUT2D eigenvalue weighted by molar-refractivity contribution is 0.270. The molecule has 0 unspecified atom stereocenters. The van der Waals surface area contributed by atoms with E-state index in [0.717, 1.165) is 5.69 Å². The van der Waals surface area contributed by atoms with E-state index in [0.29, 0.717) is 5.75 Å². The first kappa shape index (κ1) is 4.49. The molecule has 0 aromatic heterocycles. The van der Waals surface area contributed by atoms with Gasteiger partial charge in [0.1, 0.15) is 5.11 Å². The minimum Gasteiger partial charge on any atom is -0.142 e. The predicted molar refractivity (Wildman–Crippen MR) is 30.1 cm³/mol. The molecule has 1 aliphatic heterocycles. The fourth-order valence-electron chi connectivity index (χ4n) is 0.671. The van der Waals surface area contributed by atoms with Gasteiger partial charge >= 0.3 is 5.28 Å². The van der Waals surface area contributed by atoms with Crippen LogP contribution in [0.15, 0.2) is 23.3 Å². The van der Waals surface area contributed by atoms with Crippen molar-refractivity contribution in [3.63, 3.8) is 0 Å². The molecule has 0 spiro atoms. The Morgan fingerprint density at radius 2 is 2.67 bits per heavy atom. The van der Waals surface area contributed by atoms with E-state index in [9.17, 15) is 0 Å². The second-order valence-electron chi connectivity index (χ2n) is 1.67. The molecule has 2 rings (SSSR count). The maximum Gasteiger partial charge on any atom is 0.468 e. The molecule has 1 aromatic carbocycles. The quantitative estimate of drug-likeness (QED) is 0.505. The molecule has 3 heteroatoms. The Balaban J connectivity index is 2.63. The molecule has 2 radical (unpaired) electrons. The van der Waals surface area contributed by atoms with Crippen LogP contribution in [0.1, 0.15) is 0 Å². The third-order valence-electron chi connectivity index (χ3n) is 1.09. The van der Waals surface area contributed by atoms with Gasteiger partial charge in [0.15, 0.2) is 5.69 Å². The van der Waals surface area contributed by atoms with Gasteiger partial charge < -0.3 is 0 Å². The van der Waals surface area contributed by atoms with Gasteiger partial charge in [-0.05, 0) is 18.2 Å². The molecule has 1 aliphatic rings. The Hall–Kier alpha value is -1.38. The molecule has 1 heterocycles. The third kappa shape index (κ3) is 0.579. The summed E-state index contributed by atoms with van der Waals surface area (Å²) < 4.78 is 0. The van der Waals surface area contributed by atoms with Gasteiger partial charge in [-0.1, -0.05) is 6.07 Å². The summed E-state index contributed by atoms with van der Waals surface area (Å²) in [6.07, 6.45) is 0. The van der Waals surface area contributed by atoms with Gasteiger partial charge in [-0.15, -0.1) is 4.84 Å². The molecule has 0 bridgehead atoms. The van der Waals surface area contributed by atoms with Crippen molar-refractivity contribution >= 4 is 5.69 Å². The van der Waals surface area contributed by atoms with Crippen LogP contribution in [0, 0.1) is 6.07 Å². The first-order valence-electron chi connectivity index (χ1n) is 2.55. The molecular formula is C6H3N2O+. The van der Waals surface area contributed by atoms with E-state index in [-0.39, 0.29) is 0 Å². The first-order valence-corrected chi connectivity index (χ1v) is 2.55. The van der Waals surface area contributed by atoms with Crippen molar-refractivity contribution in [2.75, 3.05) is 0 Å². The Kier molecular flexibility index (Phi) is 0.773. The van der Waals surface area contributed by atoms with Crippen molar-refractivity contribution in [2.45, 2.75) is 0 Å². The summed E-state index contributed by atoms with van der Waals surface area (Å²) in [5, 5.41) is 7.04. The highest BCUT2D eigenvalue weighted by Gasteiger charge is 2.18. The number of benzene rings is 1. The molecule has 3 nitrogen and oxygen atoms in total. The molecule has 42 valence electrons. The molecule has 0 atom stereocenters. The molecule has 0 saturated heterocycles. The van der Waals surface area contributed by atoms with Crippen LogP contribution in [-0.4, -0.2) is 0 Å². The van der Waals surface area contributed by atoms with Gasteiger partial charge in [0.25, 0.3) is 0 Å². The van der Waals surface area contributed by atoms with Gasteiger partial charge in [-0.3, -0.25) is 0 Å². The normalized spacial score (nSPS) is 12.9. The summed E-state index contributed by atoms with van der Waals surface area (Å²) >= 11 is 0. The maximum atomic E-state index is 4.73. The highest BCUT2D eigenvalue weighted by atomic mass is 16.7. The van der Waals surface area contributed by atoms with Crippen molar-refractivity contribution in [1.82, 2.24) is 5.28 Å². The minimum atomic E-state index is 0.678. The molecule has 0 fully saturated rings. The SMILES string of the molecule is [c]1ccc2c(c1)O[N+]=N2. The lowest BCUT2D eigenvalue weighted by atomic mass is 10.3. The van der Waals surface area contributed by atoms with Gasteiger partial charge in [0, 0.05) is 0 Å². The van der Waals surface area contributed by atoms with Crippen LogP contribution in [0.2, 0.25) is 0 Å². The van der Waals surface area contributed by atoms with Crippen LogP contribution < -0.4 is 10.1 Å². The van der Waals surface area contributed by atoms with Crippen LogP contribution in [0.5, 0.6) is 5.75 Å². The summed E-state index contributed by atoms with van der Waals surface area (Å²) in [5.41, 5.74) is 0.772. The number of hydrogen-bond acceptors (Lipinski definition) is 3. The summed E-state index contributed by atoms with van der Waals surface area (Å²) in [4.78, 5) is 4.73. The molecular weight excluding hydrogens is 116 g/mol. The highest BCUT2D eigenvalue weighted by molar-refractivity contribution is 5.51. The molecule has 0 saturated carbocycles. The summed E-state index contributed by atoms with van der Waals surface area (Å²) in [7, 11) is 0. The van der Waals surface area contributed by atoms with E-state index >= 15 is 0 Å². The Bertz CT molecular complexity index is 257. The summed E-state index contributed by atoms with van der Waals surface area (Å²) in [5.74, 6) is 0.678.